The van der Waals surface area contributed by atoms with Crippen molar-refractivity contribution in [2.24, 2.45) is 5.92 Å². The van der Waals surface area contributed by atoms with Crippen molar-refractivity contribution in [3.05, 3.63) is 69.5 Å². The molecule has 2 fully saturated rings. The van der Waals surface area contributed by atoms with Crippen LogP contribution in [0.15, 0.2) is 42.5 Å². The van der Waals surface area contributed by atoms with Crippen molar-refractivity contribution in [3.63, 3.8) is 0 Å². The Labute approximate surface area is 252 Å². The van der Waals surface area contributed by atoms with Crippen LogP contribution >= 0.6 is 23.2 Å². The number of halogens is 3. The van der Waals surface area contributed by atoms with Gasteiger partial charge in [0.25, 0.3) is 0 Å². The highest BCUT2D eigenvalue weighted by Gasteiger charge is 2.50. The Bertz CT molecular complexity index is 1280. The Balaban J connectivity index is 0.000000316. The SMILES string of the molecule is CC(c1cc(Cl)cc(Cl)c1)N1CCC(C2(c3ccc(F)cc3)CCNCC2)C1=O.O=C(O)CC(O)(CC(=O)O)C(=O)O. The average Bonchev–Trinajstić information content (AvgIpc) is 3.29. The maximum Gasteiger partial charge on any atom is 0.336 e. The van der Waals surface area contributed by atoms with Gasteiger partial charge in [0.1, 0.15) is 5.82 Å². The zero-order valence-corrected chi connectivity index (χ0v) is 24.4. The predicted molar refractivity (Wildman–Crippen MR) is 152 cm³/mol. The third-order valence-electron chi connectivity index (χ3n) is 7.94. The minimum Gasteiger partial charge on any atom is -0.481 e. The topological polar surface area (TPSA) is 164 Å². The molecule has 2 atom stereocenters. The standard InChI is InChI=1S/C23H25Cl2FN2O.C6H8O7/c1-15(16-12-18(24)14-19(25)13-16)28-11-6-21(22(28)29)23(7-9-27-10-8-23)17-2-4-20(26)5-3-17;7-3(8)1-6(13,5(11)12)2-4(9)10/h2-5,12-15,21,27H,6-11H2,1H3;13H,1-2H2,(H,7,8)(H,9,10)(H,11,12). The second kappa shape index (κ2) is 13.8. The smallest absolute Gasteiger partial charge is 0.336 e. The third-order valence-corrected chi connectivity index (χ3v) is 8.38. The zero-order chi connectivity index (χ0) is 31.2. The van der Waals surface area contributed by atoms with Gasteiger partial charge in [0.2, 0.25) is 5.91 Å². The molecule has 2 unspecified atom stereocenters. The Hall–Kier alpha value is -3.25. The first-order chi connectivity index (χ1) is 19.7. The third kappa shape index (κ3) is 7.77. The fraction of sp³-hybridized carbons (Fsp3) is 0.448. The number of nitrogens with one attached hydrogen (secondary N) is 1. The molecule has 2 saturated heterocycles. The fourth-order valence-electron chi connectivity index (χ4n) is 5.80. The summed E-state index contributed by atoms with van der Waals surface area (Å²) in [5.74, 6) is -5.20. The number of carbonyl (C=O) groups is 4. The number of rotatable bonds is 9. The van der Waals surface area contributed by atoms with Crippen LogP contribution in [0.1, 0.15) is 56.2 Å². The average molecular weight is 627 g/mol. The van der Waals surface area contributed by atoms with E-state index in [-0.39, 0.29) is 29.1 Å². The Morgan fingerprint density at radius 3 is 2.02 bits per heavy atom. The zero-order valence-electron chi connectivity index (χ0n) is 22.9. The number of hydrogen-bond acceptors (Lipinski definition) is 6. The second-order valence-electron chi connectivity index (χ2n) is 10.6. The molecule has 4 rings (SSSR count). The molecule has 0 bridgehead atoms. The lowest BCUT2D eigenvalue weighted by molar-refractivity contribution is -0.170. The second-order valence-corrected chi connectivity index (χ2v) is 11.5. The first-order valence-corrected chi connectivity index (χ1v) is 14.1. The number of aliphatic hydroxyl groups is 1. The van der Waals surface area contributed by atoms with Crippen LogP contribution in [-0.2, 0) is 24.6 Å². The van der Waals surface area contributed by atoms with Gasteiger partial charge in [0.05, 0.1) is 18.9 Å². The molecule has 0 aliphatic carbocycles. The minimum atomic E-state index is -2.74. The molecule has 13 heteroatoms. The van der Waals surface area contributed by atoms with E-state index < -0.39 is 36.4 Å². The molecule has 2 aromatic rings. The largest absolute Gasteiger partial charge is 0.481 e. The van der Waals surface area contributed by atoms with Gasteiger partial charge in [-0.25, -0.2) is 9.18 Å². The van der Waals surface area contributed by atoms with E-state index in [2.05, 4.69) is 5.32 Å². The van der Waals surface area contributed by atoms with E-state index in [0.29, 0.717) is 16.6 Å². The highest BCUT2D eigenvalue weighted by atomic mass is 35.5. The van der Waals surface area contributed by atoms with Gasteiger partial charge in [0.15, 0.2) is 5.60 Å². The summed E-state index contributed by atoms with van der Waals surface area (Å²) in [5.41, 5.74) is -0.981. The van der Waals surface area contributed by atoms with Crippen molar-refractivity contribution in [3.8, 4) is 0 Å². The molecule has 10 nitrogen and oxygen atoms in total. The van der Waals surface area contributed by atoms with Crippen molar-refractivity contribution in [1.82, 2.24) is 10.2 Å². The molecule has 0 spiro atoms. The summed E-state index contributed by atoms with van der Waals surface area (Å²) in [7, 11) is 0. The maximum atomic E-state index is 13.6. The molecule has 0 radical (unpaired) electrons. The van der Waals surface area contributed by atoms with Gasteiger partial charge in [-0.1, -0.05) is 35.3 Å². The van der Waals surface area contributed by atoms with Crippen LogP contribution in [0.2, 0.25) is 10.0 Å². The van der Waals surface area contributed by atoms with Crippen LogP contribution in [0, 0.1) is 11.7 Å². The van der Waals surface area contributed by atoms with E-state index in [9.17, 15) is 23.6 Å². The molecule has 2 heterocycles. The summed E-state index contributed by atoms with van der Waals surface area (Å²) < 4.78 is 13.5. The fourth-order valence-corrected chi connectivity index (χ4v) is 6.35. The molecular weight excluding hydrogens is 594 g/mol. The molecule has 0 saturated carbocycles. The number of nitrogens with zero attached hydrogens (tertiary/aromatic N) is 1. The van der Waals surface area contributed by atoms with E-state index in [4.69, 9.17) is 43.6 Å². The Morgan fingerprint density at radius 1 is 1.02 bits per heavy atom. The minimum absolute atomic E-state index is 0.101. The summed E-state index contributed by atoms with van der Waals surface area (Å²) in [4.78, 5) is 46.0. The summed E-state index contributed by atoms with van der Waals surface area (Å²) in [6.07, 6.45) is 0.263. The van der Waals surface area contributed by atoms with Gasteiger partial charge in [-0.05, 0) is 80.7 Å². The van der Waals surface area contributed by atoms with E-state index >= 15 is 0 Å². The number of amides is 1. The molecule has 42 heavy (non-hydrogen) atoms. The lowest BCUT2D eigenvalue weighted by Crippen LogP contribution is -2.48. The molecule has 2 aromatic carbocycles. The number of carboxylic acid groups (broad SMARTS) is 3. The van der Waals surface area contributed by atoms with Crippen LogP contribution in [0.25, 0.3) is 0 Å². The summed E-state index contributed by atoms with van der Waals surface area (Å²) in [6, 6.07) is 12.1. The number of carboxylic acids is 3. The molecule has 1 amide bonds. The molecule has 0 aromatic heterocycles. The highest BCUT2D eigenvalue weighted by Crippen LogP contribution is 2.46. The number of piperidine rings is 1. The van der Waals surface area contributed by atoms with Crippen molar-refractivity contribution in [1.29, 1.82) is 0 Å². The van der Waals surface area contributed by atoms with E-state index in [0.717, 1.165) is 43.5 Å². The van der Waals surface area contributed by atoms with Crippen LogP contribution < -0.4 is 5.32 Å². The van der Waals surface area contributed by atoms with Crippen LogP contribution in [0.4, 0.5) is 4.39 Å². The van der Waals surface area contributed by atoms with Crippen LogP contribution in [-0.4, -0.2) is 74.4 Å². The van der Waals surface area contributed by atoms with Gasteiger partial charge < -0.3 is 30.6 Å². The first-order valence-electron chi connectivity index (χ1n) is 13.3. The van der Waals surface area contributed by atoms with E-state index in [1.54, 1.807) is 6.07 Å². The monoisotopic (exact) mass is 626 g/mol. The predicted octanol–water partition coefficient (Wildman–Crippen LogP) is 4.11. The van der Waals surface area contributed by atoms with Crippen molar-refractivity contribution >= 4 is 47.0 Å². The van der Waals surface area contributed by atoms with E-state index in [1.807, 2.05) is 36.1 Å². The summed E-state index contributed by atoms with van der Waals surface area (Å²) >= 11 is 12.4. The number of likely N-dealkylation sites (tertiary alicyclic amines) is 1. The Kier molecular flexibility index (Phi) is 10.9. The first kappa shape index (κ1) is 33.3. The van der Waals surface area contributed by atoms with Gasteiger partial charge >= 0.3 is 17.9 Å². The summed E-state index contributed by atoms with van der Waals surface area (Å²) in [5, 5.41) is 38.4. The number of aliphatic carboxylic acids is 3. The van der Waals surface area contributed by atoms with Gasteiger partial charge in [-0.15, -0.1) is 0 Å². The van der Waals surface area contributed by atoms with Crippen molar-refractivity contribution in [2.75, 3.05) is 19.6 Å². The van der Waals surface area contributed by atoms with Gasteiger partial charge in [0, 0.05) is 27.9 Å². The maximum absolute atomic E-state index is 13.6. The number of carbonyl (C=O) groups excluding carboxylic acids is 1. The molecule has 228 valence electrons. The molecule has 2 aliphatic heterocycles. The lowest BCUT2D eigenvalue weighted by Gasteiger charge is -2.42. The van der Waals surface area contributed by atoms with Crippen LogP contribution in [0.5, 0.6) is 0 Å². The summed E-state index contributed by atoms with van der Waals surface area (Å²) in [6.45, 7) is 4.45. The van der Waals surface area contributed by atoms with Crippen LogP contribution in [0.3, 0.4) is 0 Å². The Morgan fingerprint density at radius 2 is 1.55 bits per heavy atom. The molecular formula is C29H33Cl2FN2O8. The highest BCUT2D eigenvalue weighted by molar-refractivity contribution is 6.34. The van der Waals surface area contributed by atoms with Crippen molar-refractivity contribution in [2.45, 2.75) is 56.1 Å². The van der Waals surface area contributed by atoms with Crippen molar-refractivity contribution < 1.29 is 44.0 Å². The normalized spacial score (nSPS) is 19.0. The van der Waals surface area contributed by atoms with Gasteiger partial charge in [-0.2, -0.15) is 0 Å². The molecule has 5 N–H and O–H groups in total. The number of benzene rings is 2. The molecule has 2 aliphatic rings. The lowest BCUT2D eigenvalue weighted by atomic mass is 9.64. The van der Waals surface area contributed by atoms with Gasteiger partial charge in [-0.3, -0.25) is 14.4 Å². The quantitative estimate of drug-likeness (QED) is 0.275. The number of hydrogen-bond donors (Lipinski definition) is 5. The van der Waals surface area contributed by atoms with E-state index in [1.165, 1.54) is 12.1 Å².